The van der Waals surface area contributed by atoms with E-state index in [1.807, 2.05) is 25.1 Å². The van der Waals surface area contributed by atoms with Crippen molar-refractivity contribution >= 4 is 23.2 Å². The van der Waals surface area contributed by atoms with E-state index < -0.39 is 0 Å². The molecule has 8 heteroatoms. The van der Waals surface area contributed by atoms with Gasteiger partial charge in [0.25, 0.3) is 5.91 Å². The Hall–Kier alpha value is -3.86. The van der Waals surface area contributed by atoms with Crippen molar-refractivity contribution in [3.05, 3.63) is 53.6 Å². The van der Waals surface area contributed by atoms with E-state index in [1.165, 1.54) is 19.1 Å². The summed E-state index contributed by atoms with van der Waals surface area (Å²) in [5.74, 6) is 0.499. The maximum atomic E-state index is 13.1. The molecule has 1 aliphatic heterocycles. The normalized spacial score (nSPS) is 15.5. The van der Waals surface area contributed by atoms with Crippen LogP contribution in [0.1, 0.15) is 29.3 Å². The first-order valence-electron chi connectivity index (χ1n) is 9.36. The van der Waals surface area contributed by atoms with Gasteiger partial charge in [0.2, 0.25) is 5.91 Å². The standard InChI is InChI=1S/C22H22N4O4/c1-14-12-20(27)24-25-21(14)15-4-7-17(8-5-15)26(11-10-23)22(28)16-6-9-18(29-2)19(13-16)30-3/h4-9,13-14H,11-12H2,1-3H3,(H,24,27). The highest BCUT2D eigenvalue weighted by molar-refractivity contribution is 6.08. The first-order valence-corrected chi connectivity index (χ1v) is 9.36. The first kappa shape index (κ1) is 20.9. The summed E-state index contributed by atoms with van der Waals surface area (Å²) < 4.78 is 10.5. The molecule has 0 aromatic heterocycles. The van der Waals surface area contributed by atoms with Crippen LogP contribution in [0.3, 0.4) is 0 Å². The molecule has 0 saturated carbocycles. The van der Waals surface area contributed by atoms with Crippen LogP contribution in [0.2, 0.25) is 0 Å². The van der Waals surface area contributed by atoms with E-state index in [0.717, 1.165) is 11.3 Å². The highest BCUT2D eigenvalue weighted by atomic mass is 16.5. The fraction of sp³-hybridized carbons (Fsp3) is 0.273. The van der Waals surface area contributed by atoms with Gasteiger partial charge in [-0.15, -0.1) is 0 Å². The molecule has 0 spiro atoms. The lowest BCUT2D eigenvalue weighted by molar-refractivity contribution is -0.121. The molecular formula is C22H22N4O4. The van der Waals surface area contributed by atoms with Crippen LogP contribution < -0.4 is 19.8 Å². The van der Waals surface area contributed by atoms with Gasteiger partial charge >= 0.3 is 0 Å². The summed E-state index contributed by atoms with van der Waals surface area (Å²) >= 11 is 0. The third-order valence-electron chi connectivity index (χ3n) is 4.84. The zero-order valence-electron chi connectivity index (χ0n) is 17.0. The van der Waals surface area contributed by atoms with Gasteiger partial charge in [-0.1, -0.05) is 19.1 Å². The summed E-state index contributed by atoms with van der Waals surface area (Å²) in [5.41, 5.74) is 5.08. The van der Waals surface area contributed by atoms with Crippen LogP contribution in [0.25, 0.3) is 0 Å². The van der Waals surface area contributed by atoms with E-state index in [9.17, 15) is 14.9 Å². The third kappa shape index (κ3) is 4.25. The molecule has 0 bridgehead atoms. The number of carbonyl (C=O) groups excluding carboxylic acids is 2. The summed E-state index contributed by atoms with van der Waals surface area (Å²) in [4.78, 5) is 25.9. The molecule has 2 aromatic rings. The van der Waals surface area contributed by atoms with Crippen LogP contribution in [0, 0.1) is 17.2 Å². The second kappa shape index (κ2) is 9.09. The molecule has 1 unspecified atom stereocenters. The molecule has 0 radical (unpaired) electrons. The smallest absolute Gasteiger partial charge is 0.259 e. The van der Waals surface area contributed by atoms with Crippen molar-refractivity contribution < 1.29 is 19.1 Å². The number of nitrogens with one attached hydrogen (secondary N) is 1. The molecule has 1 N–H and O–H groups in total. The van der Waals surface area contributed by atoms with Crippen molar-refractivity contribution in [2.75, 3.05) is 25.7 Å². The number of hydrazone groups is 1. The third-order valence-corrected chi connectivity index (χ3v) is 4.84. The Kier molecular flexibility index (Phi) is 6.32. The van der Waals surface area contributed by atoms with Gasteiger partial charge in [-0.2, -0.15) is 10.4 Å². The number of nitrogens with zero attached hydrogens (tertiary/aromatic N) is 3. The van der Waals surface area contributed by atoms with Crippen molar-refractivity contribution in [2.45, 2.75) is 13.3 Å². The van der Waals surface area contributed by atoms with Gasteiger partial charge < -0.3 is 9.47 Å². The minimum atomic E-state index is -0.333. The molecule has 8 nitrogen and oxygen atoms in total. The molecule has 1 heterocycles. The van der Waals surface area contributed by atoms with E-state index in [4.69, 9.17) is 9.47 Å². The Labute approximate surface area is 174 Å². The number of hydrogen-bond acceptors (Lipinski definition) is 6. The van der Waals surface area contributed by atoms with Crippen molar-refractivity contribution in [1.82, 2.24) is 5.43 Å². The van der Waals surface area contributed by atoms with Crippen molar-refractivity contribution in [1.29, 1.82) is 5.26 Å². The number of benzene rings is 2. The summed E-state index contributed by atoms with van der Waals surface area (Å²) in [6, 6.07) is 14.1. The highest BCUT2D eigenvalue weighted by Gasteiger charge is 2.23. The van der Waals surface area contributed by atoms with E-state index in [2.05, 4.69) is 10.5 Å². The van der Waals surface area contributed by atoms with Gasteiger partial charge in [-0.05, 0) is 35.9 Å². The Balaban J connectivity index is 1.89. The number of rotatable bonds is 6. The molecule has 0 saturated heterocycles. The van der Waals surface area contributed by atoms with Crippen LogP contribution in [0.15, 0.2) is 47.6 Å². The lowest BCUT2D eigenvalue weighted by Crippen LogP contribution is -2.32. The number of anilines is 1. The predicted octanol–water partition coefficient (Wildman–Crippen LogP) is 2.73. The summed E-state index contributed by atoms with van der Waals surface area (Å²) in [7, 11) is 3.01. The van der Waals surface area contributed by atoms with Gasteiger partial charge in [0, 0.05) is 23.6 Å². The maximum Gasteiger partial charge on any atom is 0.259 e. The SMILES string of the molecule is COc1ccc(C(=O)N(CC#N)c2ccc(C3=NNC(=O)CC3C)cc2)cc1OC. The Morgan fingerprint density at radius 3 is 2.50 bits per heavy atom. The van der Waals surface area contributed by atoms with Crippen LogP contribution in [0.4, 0.5) is 5.69 Å². The van der Waals surface area contributed by atoms with Gasteiger partial charge in [-0.3, -0.25) is 14.5 Å². The fourth-order valence-electron chi connectivity index (χ4n) is 3.29. The van der Waals surface area contributed by atoms with Gasteiger partial charge in [0.1, 0.15) is 6.54 Å². The average Bonchev–Trinajstić information content (AvgIpc) is 2.77. The van der Waals surface area contributed by atoms with Crippen molar-refractivity contribution in [3.63, 3.8) is 0 Å². The minimum Gasteiger partial charge on any atom is -0.493 e. The lowest BCUT2D eigenvalue weighted by atomic mass is 9.94. The molecular weight excluding hydrogens is 384 g/mol. The summed E-state index contributed by atoms with van der Waals surface area (Å²) in [6.45, 7) is 1.83. The molecule has 154 valence electrons. The second-order valence-electron chi connectivity index (χ2n) is 6.80. The highest BCUT2D eigenvalue weighted by Crippen LogP contribution is 2.29. The van der Waals surface area contributed by atoms with E-state index in [1.54, 1.807) is 30.3 Å². The van der Waals surface area contributed by atoms with E-state index in [-0.39, 0.29) is 24.3 Å². The largest absolute Gasteiger partial charge is 0.493 e. The fourth-order valence-corrected chi connectivity index (χ4v) is 3.29. The summed E-state index contributed by atoms with van der Waals surface area (Å²) in [6.07, 6.45) is 0.374. The Bertz CT molecular complexity index is 1020. The molecule has 2 amide bonds. The molecule has 1 aliphatic rings. The minimum absolute atomic E-state index is 0.00629. The molecule has 2 aromatic carbocycles. The van der Waals surface area contributed by atoms with Crippen LogP contribution in [-0.4, -0.2) is 38.3 Å². The van der Waals surface area contributed by atoms with E-state index >= 15 is 0 Å². The topological polar surface area (TPSA) is 104 Å². The van der Waals surface area contributed by atoms with Crippen LogP contribution in [0.5, 0.6) is 11.5 Å². The summed E-state index contributed by atoms with van der Waals surface area (Å²) in [5, 5.41) is 13.4. The number of amides is 2. The molecule has 0 fully saturated rings. The number of hydrogen-bond donors (Lipinski definition) is 1. The zero-order valence-corrected chi connectivity index (χ0v) is 17.0. The van der Waals surface area contributed by atoms with Crippen molar-refractivity contribution in [3.8, 4) is 17.6 Å². The second-order valence-corrected chi connectivity index (χ2v) is 6.80. The van der Waals surface area contributed by atoms with Crippen LogP contribution in [-0.2, 0) is 4.79 Å². The number of carbonyl (C=O) groups is 2. The molecule has 3 rings (SSSR count). The Morgan fingerprint density at radius 2 is 1.90 bits per heavy atom. The van der Waals surface area contributed by atoms with Crippen LogP contribution >= 0.6 is 0 Å². The number of nitriles is 1. The van der Waals surface area contributed by atoms with Gasteiger partial charge in [0.05, 0.1) is 26.0 Å². The number of ether oxygens (including phenoxy) is 2. The maximum absolute atomic E-state index is 13.1. The monoisotopic (exact) mass is 406 g/mol. The molecule has 1 atom stereocenters. The first-order chi connectivity index (χ1) is 14.5. The van der Waals surface area contributed by atoms with E-state index in [0.29, 0.717) is 29.2 Å². The molecule has 0 aliphatic carbocycles. The van der Waals surface area contributed by atoms with Gasteiger partial charge in [0.15, 0.2) is 11.5 Å². The average molecular weight is 406 g/mol. The number of methoxy groups -OCH3 is 2. The predicted molar refractivity (Wildman–Crippen MR) is 112 cm³/mol. The Morgan fingerprint density at radius 1 is 1.20 bits per heavy atom. The lowest BCUT2D eigenvalue weighted by Gasteiger charge is -2.22. The quantitative estimate of drug-likeness (QED) is 0.743. The molecule has 30 heavy (non-hydrogen) atoms. The van der Waals surface area contributed by atoms with Crippen molar-refractivity contribution in [2.24, 2.45) is 11.0 Å². The van der Waals surface area contributed by atoms with Gasteiger partial charge in [-0.25, -0.2) is 5.43 Å². The zero-order chi connectivity index (χ0) is 21.7.